The number of nitro benzene ring substituents is 1. The summed E-state index contributed by atoms with van der Waals surface area (Å²) in [7, 11) is 2.07. The van der Waals surface area contributed by atoms with Gasteiger partial charge < -0.3 is 5.32 Å². The first-order valence-corrected chi connectivity index (χ1v) is 6.68. The summed E-state index contributed by atoms with van der Waals surface area (Å²) in [5.41, 5.74) is 0.351. The van der Waals surface area contributed by atoms with Gasteiger partial charge in [0, 0.05) is 18.6 Å². The molecule has 0 heterocycles. The van der Waals surface area contributed by atoms with Crippen molar-refractivity contribution in [3.8, 4) is 6.07 Å². The highest BCUT2D eigenvalue weighted by Gasteiger charge is 2.29. The molecular formula is C14H18N4O2. The Morgan fingerprint density at radius 1 is 1.60 bits per heavy atom. The van der Waals surface area contributed by atoms with Gasteiger partial charge in [-0.3, -0.25) is 15.0 Å². The van der Waals surface area contributed by atoms with E-state index < -0.39 is 4.92 Å². The van der Waals surface area contributed by atoms with Crippen molar-refractivity contribution in [3.05, 3.63) is 33.9 Å². The van der Waals surface area contributed by atoms with E-state index in [0.29, 0.717) is 18.3 Å². The summed E-state index contributed by atoms with van der Waals surface area (Å²) in [5, 5.41) is 23.1. The molecule has 1 saturated carbocycles. The Morgan fingerprint density at radius 3 is 2.85 bits per heavy atom. The normalized spacial score (nSPS) is 15.7. The van der Waals surface area contributed by atoms with Crippen LogP contribution in [0.3, 0.4) is 0 Å². The number of hydrogen-bond acceptors (Lipinski definition) is 5. The van der Waals surface area contributed by atoms with Gasteiger partial charge in [-0.15, -0.1) is 0 Å². The first kappa shape index (κ1) is 14.3. The van der Waals surface area contributed by atoms with E-state index in [1.54, 1.807) is 12.1 Å². The van der Waals surface area contributed by atoms with E-state index in [1.165, 1.54) is 18.9 Å². The van der Waals surface area contributed by atoms with Crippen molar-refractivity contribution in [2.45, 2.75) is 31.8 Å². The van der Waals surface area contributed by atoms with Crippen LogP contribution in [-0.2, 0) is 0 Å². The molecule has 1 aromatic rings. The van der Waals surface area contributed by atoms with E-state index in [1.807, 2.05) is 6.07 Å². The van der Waals surface area contributed by atoms with Crippen LogP contribution in [-0.4, -0.2) is 35.5 Å². The second kappa shape index (κ2) is 5.88. The standard InChI is InChI=1S/C14H18N4O2/c1-10(17(2)12-6-7-12)9-16-13-5-3-4-11(8-15)14(13)18(19)20/h3-5,10,12,16H,6-7,9H2,1-2H3. The molecule has 0 aliphatic heterocycles. The molecule has 1 aliphatic rings. The van der Waals surface area contributed by atoms with Gasteiger partial charge in [0.1, 0.15) is 17.3 Å². The number of nitrogens with zero attached hydrogens (tertiary/aromatic N) is 3. The third-order valence-electron chi connectivity index (χ3n) is 3.75. The summed E-state index contributed by atoms with van der Waals surface area (Å²) in [5.74, 6) is 0. The van der Waals surface area contributed by atoms with Crippen LogP contribution in [0.2, 0.25) is 0 Å². The number of likely N-dealkylation sites (N-methyl/N-ethyl adjacent to an activating group) is 1. The number of benzene rings is 1. The lowest BCUT2D eigenvalue weighted by Crippen LogP contribution is -2.36. The molecule has 1 atom stereocenters. The van der Waals surface area contributed by atoms with Crippen molar-refractivity contribution in [2.24, 2.45) is 0 Å². The molecule has 20 heavy (non-hydrogen) atoms. The lowest BCUT2D eigenvalue weighted by Gasteiger charge is -2.25. The van der Waals surface area contributed by atoms with Gasteiger partial charge in [-0.25, -0.2) is 0 Å². The number of nitriles is 1. The Kier molecular flexibility index (Phi) is 4.20. The maximum absolute atomic E-state index is 11.1. The lowest BCUT2D eigenvalue weighted by molar-refractivity contribution is -0.384. The highest BCUT2D eigenvalue weighted by Crippen LogP contribution is 2.29. The molecule has 6 nitrogen and oxygen atoms in total. The predicted octanol–water partition coefficient (Wildman–Crippen LogP) is 2.36. The van der Waals surface area contributed by atoms with Crippen molar-refractivity contribution in [2.75, 3.05) is 18.9 Å². The number of para-hydroxylation sites is 1. The highest BCUT2D eigenvalue weighted by atomic mass is 16.6. The Balaban J connectivity index is 2.09. The molecule has 1 fully saturated rings. The minimum Gasteiger partial charge on any atom is -0.378 e. The molecule has 1 aliphatic carbocycles. The van der Waals surface area contributed by atoms with Gasteiger partial charge in [0.05, 0.1) is 4.92 Å². The minimum absolute atomic E-state index is 0.0863. The minimum atomic E-state index is -0.504. The molecule has 0 bridgehead atoms. The first-order valence-electron chi connectivity index (χ1n) is 6.68. The third-order valence-corrected chi connectivity index (χ3v) is 3.75. The number of hydrogen-bond donors (Lipinski definition) is 1. The predicted molar refractivity (Wildman–Crippen MR) is 76.5 cm³/mol. The molecule has 6 heteroatoms. The lowest BCUT2D eigenvalue weighted by atomic mass is 10.1. The van der Waals surface area contributed by atoms with Crippen LogP contribution in [0.15, 0.2) is 18.2 Å². The molecule has 1 unspecified atom stereocenters. The van der Waals surface area contributed by atoms with E-state index in [4.69, 9.17) is 5.26 Å². The summed E-state index contributed by atoms with van der Waals surface area (Å²) in [6, 6.07) is 7.55. The smallest absolute Gasteiger partial charge is 0.309 e. The molecule has 0 radical (unpaired) electrons. The third kappa shape index (κ3) is 3.06. The van der Waals surface area contributed by atoms with Gasteiger partial charge in [0.25, 0.3) is 0 Å². The summed E-state index contributed by atoms with van der Waals surface area (Å²) >= 11 is 0. The van der Waals surface area contributed by atoms with Crippen molar-refractivity contribution >= 4 is 11.4 Å². The monoisotopic (exact) mass is 274 g/mol. The summed E-state index contributed by atoms with van der Waals surface area (Å²) in [6.45, 7) is 2.70. The molecule has 2 rings (SSSR count). The molecule has 0 saturated heterocycles. The zero-order valence-corrected chi connectivity index (χ0v) is 11.7. The van der Waals surface area contributed by atoms with Crippen LogP contribution in [0, 0.1) is 21.4 Å². The topological polar surface area (TPSA) is 82.2 Å². The Labute approximate surface area is 118 Å². The summed E-state index contributed by atoms with van der Waals surface area (Å²) < 4.78 is 0. The Bertz CT molecular complexity index is 549. The number of anilines is 1. The largest absolute Gasteiger partial charge is 0.378 e. The van der Waals surface area contributed by atoms with Gasteiger partial charge in [-0.2, -0.15) is 5.26 Å². The van der Waals surface area contributed by atoms with E-state index in [-0.39, 0.29) is 17.3 Å². The van der Waals surface area contributed by atoms with Crippen molar-refractivity contribution in [1.29, 1.82) is 5.26 Å². The van der Waals surface area contributed by atoms with Gasteiger partial charge in [0.2, 0.25) is 0 Å². The van der Waals surface area contributed by atoms with Crippen molar-refractivity contribution in [3.63, 3.8) is 0 Å². The number of nitro groups is 1. The summed E-state index contributed by atoms with van der Waals surface area (Å²) in [6.07, 6.45) is 2.45. The van der Waals surface area contributed by atoms with Crippen LogP contribution >= 0.6 is 0 Å². The zero-order valence-electron chi connectivity index (χ0n) is 11.7. The van der Waals surface area contributed by atoms with E-state index >= 15 is 0 Å². The first-order chi connectivity index (χ1) is 9.54. The van der Waals surface area contributed by atoms with E-state index in [0.717, 1.165) is 0 Å². The van der Waals surface area contributed by atoms with Crippen LogP contribution in [0.5, 0.6) is 0 Å². The highest BCUT2D eigenvalue weighted by molar-refractivity contribution is 5.68. The fourth-order valence-electron chi connectivity index (χ4n) is 2.22. The average molecular weight is 274 g/mol. The van der Waals surface area contributed by atoms with Gasteiger partial charge in [-0.1, -0.05) is 6.07 Å². The molecule has 0 spiro atoms. The maximum Gasteiger partial charge on any atom is 0.309 e. The second-order valence-electron chi connectivity index (χ2n) is 5.20. The SMILES string of the molecule is CC(CNc1cccc(C#N)c1[N+](=O)[O-])N(C)C1CC1. The Morgan fingerprint density at radius 2 is 2.30 bits per heavy atom. The van der Waals surface area contributed by atoms with E-state index in [9.17, 15) is 10.1 Å². The average Bonchev–Trinajstić information content (AvgIpc) is 3.27. The molecule has 106 valence electrons. The van der Waals surface area contributed by atoms with Crippen molar-refractivity contribution < 1.29 is 4.92 Å². The van der Waals surface area contributed by atoms with Crippen LogP contribution in [0.1, 0.15) is 25.3 Å². The number of nitrogens with one attached hydrogen (secondary N) is 1. The Hall–Kier alpha value is -2.13. The quantitative estimate of drug-likeness (QED) is 0.636. The van der Waals surface area contributed by atoms with Crippen LogP contribution in [0.4, 0.5) is 11.4 Å². The van der Waals surface area contributed by atoms with Crippen molar-refractivity contribution in [1.82, 2.24) is 4.90 Å². The zero-order chi connectivity index (χ0) is 14.7. The molecule has 0 aromatic heterocycles. The van der Waals surface area contributed by atoms with Crippen LogP contribution in [0.25, 0.3) is 0 Å². The van der Waals surface area contributed by atoms with Gasteiger partial charge in [0.15, 0.2) is 0 Å². The van der Waals surface area contributed by atoms with Gasteiger partial charge >= 0.3 is 5.69 Å². The summed E-state index contributed by atoms with van der Waals surface area (Å²) in [4.78, 5) is 12.9. The van der Waals surface area contributed by atoms with Crippen LogP contribution < -0.4 is 5.32 Å². The number of rotatable bonds is 6. The fourth-order valence-corrected chi connectivity index (χ4v) is 2.22. The fraction of sp³-hybridized carbons (Fsp3) is 0.500. The molecule has 1 aromatic carbocycles. The molecular weight excluding hydrogens is 256 g/mol. The van der Waals surface area contributed by atoms with E-state index in [2.05, 4.69) is 24.2 Å². The molecule has 1 N–H and O–H groups in total. The van der Waals surface area contributed by atoms with Gasteiger partial charge in [-0.05, 0) is 38.9 Å². The second-order valence-corrected chi connectivity index (χ2v) is 5.20. The molecule has 0 amide bonds. The maximum atomic E-state index is 11.1.